The highest BCUT2D eigenvalue weighted by Gasteiger charge is 2.40. The second kappa shape index (κ2) is 5.84. The van der Waals surface area contributed by atoms with Gasteiger partial charge in [-0.05, 0) is 6.92 Å². The Bertz CT molecular complexity index is 1290. The van der Waals surface area contributed by atoms with E-state index in [4.69, 9.17) is 5.73 Å². The Morgan fingerprint density at radius 1 is 0.964 bits per heavy atom. The van der Waals surface area contributed by atoms with Crippen molar-refractivity contribution < 1.29 is 0 Å². The summed E-state index contributed by atoms with van der Waals surface area (Å²) in [7, 11) is 0. The van der Waals surface area contributed by atoms with E-state index in [1.165, 1.54) is 0 Å². The fraction of sp³-hybridized carbons (Fsp3) is 0.118. The van der Waals surface area contributed by atoms with E-state index in [1.54, 1.807) is 6.92 Å². The summed E-state index contributed by atoms with van der Waals surface area (Å²) in [6.45, 7) is 1.64. The van der Waals surface area contributed by atoms with Crippen molar-refractivity contribution in [1.82, 2.24) is 15.3 Å². The number of nitrogens with two attached hydrogens (primary N) is 1. The fourth-order valence-electron chi connectivity index (χ4n) is 2.96. The Morgan fingerprint density at radius 3 is 2.32 bits per heavy atom. The molecule has 3 N–H and O–H groups in total. The van der Waals surface area contributed by atoms with Gasteiger partial charge in [-0.3, -0.25) is 4.99 Å². The lowest BCUT2D eigenvalue weighted by Gasteiger charge is -2.30. The summed E-state index contributed by atoms with van der Waals surface area (Å²) in [4.78, 5) is 21.5. The highest BCUT2D eigenvalue weighted by molar-refractivity contribution is 6.47. The van der Waals surface area contributed by atoms with Crippen molar-refractivity contribution >= 4 is 17.3 Å². The first kappa shape index (κ1) is 16.6. The fourth-order valence-corrected chi connectivity index (χ4v) is 2.96. The molecule has 1 aromatic heterocycles. The lowest BCUT2D eigenvalue weighted by molar-refractivity contribution is 0.742. The second-order valence-electron chi connectivity index (χ2n) is 5.79. The first-order valence-electron chi connectivity index (χ1n) is 7.78. The van der Waals surface area contributed by atoms with E-state index < -0.39 is 6.04 Å². The molecule has 11 heteroatoms. The molecule has 2 aliphatic heterocycles. The van der Waals surface area contributed by atoms with Crippen LogP contribution in [0.25, 0.3) is 0 Å². The van der Waals surface area contributed by atoms with Gasteiger partial charge >= 0.3 is 0 Å². The number of hydrogen-bond donors (Lipinski definition) is 2. The average Bonchev–Trinajstić information content (AvgIpc) is 2.72. The summed E-state index contributed by atoms with van der Waals surface area (Å²) in [6, 6.07) is 6.65. The zero-order valence-electron chi connectivity index (χ0n) is 14.2. The van der Waals surface area contributed by atoms with E-state index in [1.807, 2.05) is 24.3 Å². The van der Waals surface area contributed by atoms with Gasteiger partial charge < -0.3 is 11.1 Å². The lowest BCUT2D eigenvalue weighted by atomic mass is 9.92. The molecule has 0 amide bonds. The molecule has 0 fully saturated rings. The minimum Gasteiger partial charge on any atom is -0.381 e. The van der Waals surface area contributed by atoms with Crippen LogP contribution in [-0.2, 0) is 0 Å². The van der Waals surface area contributed by atoms with Crippen LogP contribution in [0.15, 0.2) is 37.8 Å². The molecule has 3 heterocycles. The number of nitrogens with one attached hydrogen (secondary N) is 1. The van der Waals surface area contributed by atoms with Gasteiger partial charge in [0.15, 0.2) is 22.9 Å². The van der Waals surface area contributed by atoms with E-state index in [0.717, 1.165) is 0 Å². The third-order valence-corrected chi connectivity index (χ3v) is 4.22. The largest absolute Gasteiger partial charge is 0.381 e. The molecule has 1 unspecified atom stereocenters. The SMILES string of the molecule is CC1=C(C#N)NC2=C3N=C(N)C(C#N)=NC3c3nc(C#N)c(C#N)nc3C2=N1. The van der Waals surface area contributed by atoms with Crippen LogP contribution < -0.4 is 11.1 Å². The summed E-state index contributed by atoms with van der Waals surface area (Å²) in [6.07, 6.45) is 0. The van der Waals surface area contributed by atoms with Gasteiger partial charge in [-0.1, -0.05) is 0 Å². The Labute approximate surface area is 157 Å². The van der Waals surface area contributed by atoms with Crippen LogP contribution >= 0.6 is 0 Å². The molecule has 28 heavy (non-hydrogen) atoms. The molecule has 4 rings (SSSR count). The van der Waals surface area contributed by atoms with Crippen molar-refractivity contribution in [3.8, 4) is 24.3 Å². The average molecular weight is 365 g/mol. The molecule has 0 radical (unpaired) electrons. The molecule has 0 spiro atoms. The van der Waals surface area contributed by atoms with E-state index in [-0.39, 0.29) is 40.0 Å². The first-order valence-corrected chi connectivity index (χ1v) is 7.78. The Morgan fingerprint density at radius 2 is 1.68 bits per heavy atom. The van der Waals surface area contributed by atoms with Crippen LogP contribution in [-0.4, -0.2) is 27.2 Å². The number of amidine groups is 1. The van der Waals surface area contributed by atoms with Gasteiger partial charge in [-0.2, -0.15) is 21.0 Å². The molecule has 0 saturated carbocycles. The van der Waals surface area contributed by atoms with E-state index >= 15 is 0 Å². The number of nitrogens with zero attached hydrogens (tertiary/aromatic N) is 9. The standard InChI is InChI=1S/C17H7N11/c1-6-7(2-18)24-13-11(23-6)12-14(26-9(4-20)8(3-19)25-12)15-16(13)28-17(22)10(5-21)27-15/h15,24H,1H3,(H2,22,28). The van der Waals surface area contributed by atoms with Crippen LogP contribution in [0.4, 0.5) is 0 Å². The van der Waals surface area contributed by atoms with Crippen LogP contribution in [0.3, 0.4) is 0 Å². The zero-order valence-corrected chi connectivity index (χ0v) is 14.2. The summed E-state index contributed by atoms with van der Waals surface area (Å²) in [5.41, 5.74) is 7.40. The van der Waals surface area contributed by atoms with Crippen LogP contribution in [0.2, 0.25) is 0 Å². The predicted molar refractivity (Wildman–Crippen MR) is 93.9 cm³/mol. The summed E-state index contributed by atoms with van der Waals surface area (Å²) >= 11 is 0. The smallest absolute Gasteiger partial charge is 0.178 e. The van der Waals surface area contributed by atoms with Gasteiger partial charge in [0, 0.05) is 0 Å². The van der Waals surface area contributed by atoms with Crippen molar-refractivity contribution in [3.63, 3.8) is 0 Å². The number of fused-ring (bicyclic) bond motifs is 5. The topological polar surface area (TPSA) is 196 Å². The number of aliphatic imine (C=N–C) groups is 3. The van der Waals surface area contributed by atoms with Crippen molar-refractivity contribution in [2.24, 2.45) is 20.7 Å². The quantitative estimate of drug-likeness (QED) is 0.638. The number of nitriles is 4. The number of aromatic nitrogens is 2. The minimum atomic E-state index is -0.885. The molecule has 0 saturated heterocycles. The highest BCUT2D eigenvalue weighted by atomic mass is 15.1. The molecule has 0 bridgehead atoms. The van der Waals surface area contributed by atoms with Crippen molar-refractivity contribution in [2.45, 2.75) is 13.0 Å². The third kappa shape index (κ3) is 2.15. The maximum Gasteiger partial charge on any atom is 0.178 e. The number of rotatable bonds is 0. The summed E-state index contributed by atoms with van der Waals surface area (Å²) in [5.74, 6) is -0.0854. The van der Waals surface area contributed by atoms with Crippen molar-refractivity contribution in [2.75, 3.05) is 0 Å². The van der Waals surface area contributed by atoms with Crippen LogP contribution in [0, 0.1) is 45.3 Å². The van der Waals surface area contributed by atoms with E-state index in [0.29, 0.717) is 22.8 Å². The molecular weight excluding hydrogens is 358 g/mol. The number of allylic oxidation sites excluding steroid dienone is 3. The second-order valence-corrected chi connectivity index (χ2v) is 5.79. The predicted octanol–water partition coefficient (Wildman–Crippen LogP) is -0.0310. The molecular formula is C17H7N11. The normalized spacial score (nSPS) is 19.2. The summed E-state index contributed by atoms with van der Waals surface area (Å²) < 4.78 is 0. The molecule has 1 atom stereocenters. The molecule has 1 aromatic rings. The molecule has 0 aromatic carbocycles. The molecule has 3 aliphatic rings. The third-order valence-electron chi connectivity index (χ3n) is 4.22. The van der Waals surface area contributed by atoms with E-state index in [9.17, 15) is 21.0 Å². The van der Waals surface area contributed by atoms with Crippen LogP contribution in [0.5, 0.6) is 0 Å². The van der Waals surface area contributed by atoms with Crippen molar-refractivity contribution in [3.05, 3.63) is 45.6 Å². The first-order chi connectivity index (χ1) is 13.5. The van der Waals surface area contributed by atoms with Crippen LogP contribution in [0.1, 0.15) is 35.7 Å². The monoisotopic (exact) mass is 365 g/mol. The lowest BCUT2D eigenvalue weighted by Crippen LogP contribution is -2.37. The Hall–Kier alpha value is -4.87. The molecule has 11 nitrogen and oxygen atoms in total. The summed E-state index contributed by atoms with van der Waals surface area (Å²) in [5, 5.41) is 40.1. The van der Waals surface area contributed by atoms with Gasteiger partial charge in [0.2, 0.25) is 0 Å². The molecule has 1 aliphatic carbocycles. The van der Waals surface area contributed by atoms with Gasteiger partial charge in [0.05, 0.1) is 17.1 Å². The van der Waals surface area contributed by atoms with Gasteiger partial charge in [0.1, 0.15) is 53.1 Å². The van der Waals surface area contributed by atoms with Crippen molar-refractivity contribution in [1.29, 1.82) is 21.0 Å². The highest BCUT2D eigenvalue weighted by Crippen LogP contribution is 2.39. The van der Waals surface area contributed by atoms with Gasteiger partial charge in [-0.15, -0.1) is 0 Å². The maximum atomic E-state index is 9.33. The minimum absolute atomic E-state index is 0.0854. The van der Waals surface area contributed by atoms with Gasteiger partial charge in [0.25, 0.3) is 0 Å². The molecule has 130 valence electrons. The van der Waals surface area contributed by atoms with E-state index in [2.05, 4.69) is 30.3 Å². The number of hydrogen-bond acceptors (Lipinski definition) is 11. The van der Waals surface area contributed by atoms with Gasteiger partial charge in [-0.25, -0.2) is 20.0 Å². The Kier molecular flexibility index (Phi) is 3.46. The maximum absolute atomic E-state index is 9.33. The zero-order chi connectivity index (χ0) is 20.0. The Balaban J connectivity index is 2.10.